The molecule has 1 N–H and O–H groups in total. The molecule has 0 fully saturated rings. The highest BCUT2D eigenvalue weighted by Crippen LogP contribution is 2.35. The molecule has 5 heteroatoms. The van der Waals surface area contributed by atoms with E-state index in [0.717, 1.165) is 16.3 Å². The van der Waals surface area contributed by atoms with Gasteiger partial charge in [0.25, 0.3) is 0 Å². The predicted molar refractivity (Wildman–Crippen MR) is 78.7 cm³/mol. The van der Waals surface area contributed by atoms with Gasteiger partial charge in [-0.1, -0.05) is 24.3 Å². The van der Waals surface area contributed by atoms with Crippen LogP contribution in [-0.4, -0.2) is 19.7 Å². The summed E-state index contributed by atoms with van der Waals surface area (Å²) >= 11 is 0. The second-order valence-corrected chi connectivity index (χ2v) is 4.66. The van der Waals surface area contributed by atoms with E-state index in [1.165, 1.54) is 0 Å². The van der Waals surface area contributed by atoms with Gasteiger partial charge in [-0.15, -0.1) is 0 Å². The molecule has 0 aliphatic carbocycles. The van der Waals surface area contributed by atoms with Crippen molar-refractivity contribution in [3.8, 4) is 17.4 Å². The lowest BCUT2D eigenvalue weighted by Gasteiger charge is -2.09. The number of fused-ring (bicyclic) bond motifs is 2. The van der Waals surface area contributed by atoms with Gasteiger partial charge in [-0.3, -0.25) is 0 Å². The highest BCUT2D eigenvalue weighted by atomic mass is 16.5. The van der Waals surface area contributed by atoms with Crippen LogP contribution in [0.15, 0.2) is 61.1 Å². The molecule has 2 aromatic heterocycles. The van der Waals surface area contributed by atoms with Crippen LogP contribution in [0.25, 0.3) is 16.3 Å². The second kappa shape index (κ2) is 4.49. The molecule has 2 heterocycles. The molecule has 0 amide bonds. The monoisotopic (exact) mass is 277 g/mol. The Hall–Kier alpha value is -3.08. The number of rotatable bonds is 2. The Morgan fingerprint density at radius 3 is 2.67 bits per heavy atom. The third kappa shape index (κ3) is 1.95. The fourth-order valence-electron chi connectivity index (χ4n) is 2.30. The Morgan fingerprint density at radius 1 is 1.00 bits per heavy atom. The Balaban J connectivity index is 1.83. The fraction of sp³-hybridized carbons (Fsp3) is 0. The van der Waals surface area contributed by atoms with Crippen molar-refractivity contribution < 1.29 is 9.84 Å². The summed E-state index contributed by atoms with van der Waals surface area (Å²) in [5.41, 5.74) is 0.741. The van der Waals surface area contributed by atoms with Crippen molar-refractivity contribution in [2.75, 3.05) is 0 Å². The first-order valence-corrected chi connectivity index (χ1v) is 6.49. The first-order chi connectivity index (χ1) is 10.3. The number of aromatic nitrogens is 3. The van der Waals surface area contributed by atoms with Crippen molar-refractivity contribution in [3.05, 3.63) is 61.1 Å². The number of phenolic OH excluding ortho intramolecular Hbond substituents is 1. The van der Waals surface area contributed by atoms with E-state index in [2.05, 4.69) is 10.1 Å². The Kier molecular flexibility index (Phi) is 2.50. The van der Waals surface area contributed by atoms with Crippen molar-refractivity contribution in [1.82, 2.24) is 14.6 Å². The maximum absolute atomic E-state index is 10.1. The van der Waals surface area contributed by atoms with Gasteiger partial charge in [-0.25, -0.2) is 9.50 Å². The first kappa shape index (κ1) is 11.7. The zero-order valence-electron chi connectivity index (χ0n) is 11.0. The van der Waals surface area contributed by atoms with Crippen LogP contribution in [0.4, 0.5) is 0 Å². The highest BCUT2D eigenvalue weighted by Gasteiger charge is 2.10. The van der Waals surface area contributed by atoms with Crippen LogP contribution in [0.2, 0.25) is 0 Å². The lowest BCUT2D eigenvalue weighted by Crippen LogP contribution is -1.94. The molecule has 2 aromatic carbocycles. The summed E-state index contributed by atoms with van der Waals surface area (Å²) < 4.78 is 7.43. The average molecular weight is 277 g/mol. The smallest absolute Gasteiger partial charge is 0.245 e. The number of ether oxygens (including phenoxy) is 1. The number of hydrogen-bond acceptors (Lipinski definition) is 4. The number of aromatic hydroxyl groups is 1. The van der Waals surface area contributed by atoms with Crippen LogP contribution in [0.1, 0.15) is 0 Å². The lowest BCUT2D eigenvalue weighted by molar-refractivity contribution is 0.405. The summed E-state index contributed by atoms with van der Waals surface area (Å²) in [5.74, 6) is 0.855. The van der Waals surface area contributed by atoms with Crippen LogP contribution in [0, 0.1) is 0 Å². The van der Waals surface area contributed by atoms with Gasteiger partial charge in [0.15, 0.2) is 11.5 Å². The van der Waals surface area contributed by atoms with Gasteiger partial charge in [-0.2, -0.15) is 5.10 Å². The van der Waals surface area contributed by atoms with Gasteiger partial charge < -0.3 is 9.84 Å². The number of benzene rings is 2. The number of phenols is 1. The number of nitrogens with zero attached hydrogens (tertiary/aromatic N) is 3. The zero-order chi connectivity index (χ0) is 14.2. The molecular weight excluding hydrogens is 266 g/mol. The molecule has 0 atom stereocenters. The Bertz CT molecular complexity index is 946. The second-order valence-electron chi connectivity index (χ2n) is 4.66. The summed E-state index contributed by atoms with van der Waals surface area (Å²) in [7, 11) is 0. The summed E-state index contributed by atoms with van der Waals surface area (Å²) in [6, 6.07) is 13.1. The normalized spacial score (nSPS) is 11.0. The van der Waals surface area contributed by atoms with Crippen LogP contribution in [-0.2, 0) is 0 Å². The molecule has 0 bridgehead atoms. The van der Waals surface area contributed by atoms with Crippen LogP contribution in [0.3, 0.4) is 0 Å². The standard InChI is InChI=1S/C16H11N3O2/c20-14-9-11-3-1-2-4-12(11)10-15(14)21-16-13-5-6-18-19(13)8-7-17-16/h1-10,20H. The van der Waals surface area contributed by atoms with Gasteiger partial charge >= 0.3 is 0 Å². The quantitative estimate of drug-likeness (QED) is 0.610. The van der Waals surface area contributed by atoms with Crippen LogP contribution in [0.5, 0.6) is 17.4 Å². The van der Waals surface area contributed by atoms with E-state index >= 15 is 0 Å². The minimum Gasteiger partial charge on any atom is -0.504 e. The summed E-state index contributed by atoms with van der Waals surface area (Å²) in [5, 5.41) is 16.2. The summed E-state index contributed by atoms with van der Waals surface area (Å²) in [6.45, 7) is 0. The molecule has 4 aromatic rings. The van der Waals surface area contributed by atoms with Crippen LogP contribution < -0.4 is 4.74 Å². The van der Waals surface area contributed by atoms with E-state index in [1.807, 2.05) is 24.3 Å². The summed E-state index contributed by atoms with van der Waals surface area (Å²) in [4.78, 5) is 4.20. The maximum atomic E-state index is 10.1. The van der Waals surface area contributed by atoms with Gasteiger partial charge in [0.2, 0.25) is 5.88 Å². The largest absolute Gasteiger partial charge is 0.504 e. The van der Waals surface area contributed by atoms with Crippen molar-refractivity contribution in [1.29, 1.82) is 0 Å². The van der Waals surface area contributed by atoms with Crippen molar-refractivity contribution >= 4 is 16.3 Å². The molecule has 0 unspecified atom stereocenters. The molecule has 0 radical (unpaired) electrons. The topological polar surface area (TPSA) is 59.7 Å². The average Bonchev–Trinajstić information content (AvgIpc) is 2.97. The molecule has 0 aliphatic rings. The Morgan fingerprint density at radius 2 is 1.81 bits per heavy atom. The molecule has 21 heavy (non-hydrogen) atoms. The van der Waals surface area contributed by atoms with Gasteiger partial charge in [0.1, 0.15) is 5.52 Å². The van der Waals surface area contributed by atoms with E-state index in [0.29, 0.717) is 11.6 Å². The molecular formula is C16H11N3O2. The van der Waals surface area contributed by atoms with E-state index < -0.39 is 0 Å². The van der Waals surface area contributed by atoms with Gasteiger partial charge in [-0.05, 0) is 29.0 Å². The minimum atomic E-state index is 0.0806. The molecule has 5 nitrogen and oxygen atoms in total. The molecule has 4 rings (SSSR count). The lowest BCUT2D eigenvalue weighted by atomic mass is 10.1. The molecule has 102 valence electrons. The van der Waals surface area contributed by atoms with Crippen molar-refractivity contribution in [2.45, 2.75) is 0 Å². The van der Waals surface area contributed by atoms with E-state index in [9.17, 15) is 5.11 Å². The first-order valence-electron chi connectivity index (χ1n) is 6.49. The molecule has 0 saturated heterocycles. The van der Waals surface area contributed by atoms with Crippen molar-refractivity contribution in [2.24, 2.45) is 0 Å². The SMILES string of the molecule is Oc1cc2ccccc2cc1Oc1nccn2nccc12. The molecule has 0 spiro atoms. The van der Waals surface area contributed by atoms with Crippen LogP contribution >= 0.6 is 0 Å². The predicted octanol–water partition coefficient (Wildman–Crippen LogP) is 3.38. The van der Waals surface area contributed by atoms with E-state index in [4.69, 9.17) is 4.74 Å². The Labute approximate surface area is 120 Å². The minimum absolute atomic E-state index is 0.0806. The maximum Gasteiger partial charge on any atom is 0.245 e. The molecule has 0 aliphatic heterocycles. The van der Waals surface area contributed by atoms with Crippen molar-refractivity contribution in [3.63, 3.8) is 0 Å². The van der Waals surface area contributed by atoms with E-state index in [-0.39, 0.29) is 5.75 Å². The molecule has 0 saturated carbocycles. The zero-order valence-corrected chi connectivity index (χ0v) is 11.0. The summed E-state index contributed by atoms with van der Waals surface area (Å²) in [6.07, 6.45) is 5.01. The van der Waals surface area contributed by atoms with E-state index in [1.54, 1.807) is 41.3 Å². The fourth-order valence-corrected chi connectivity index (χ4v) is 2.30. The highest BCUT2D eigenvalue weighted by molar-refractivity contribution is 5.86. The third-order valence-electron chi connectivity index (χ3n) is 3.32. The van der Waals surface area contributed by atoms with Gasteiger partial charge in [0.05, 0.1) is 6.20 Å². The van der Waals surface area contributed by atoms with Gasteiger partial charge in [0, 0.05) is 12.4 Å². The number of hydrogen-bond donors (Lipinski definition) is 1. The third-order valence-corrected chi connectivity index (χ3v) is 3.32.